The molecule has 0 aliphatic carbocycles. The second-order valence-electron chi connectivity index (χ2n) is 5.37. The summed E-state index contributed by atoms with van der Waals surface area (Å²) in [5.74, 6) is 0.532. The van der Waals surface area contributed by atoms with Gasteiger partial charge in [0.15, 0.2) is 0 Å². The first-order chi connectivity index (χ1) is 7.86. The van der Waals surface area contributed by atoms with E-state index >= 15 is 0 Å². The standard InChI is InChI=1S/C13H26N2O/c16-13(12-5-7-14-8-6-12)11-15-9-3-1-2-4-10-15/h12-14,16H,1-11H2. The van der Waals surface area contributed by atoms with Gasteiger partial charge in [-0.1, -0.05) is 12.8 Å². The number of aliphatic hydroxyl groups excluding tert-OH is 1. The SMILES string of the molecule is OC(CN1CCCCCC1)C1CCNCC1. The van der Waals surface area contributed by atoms with Gasteiger partial charge >= 0.3 is 0 Å². The van der Waals surface area contributed by atoms with Gasteiger partial charge in [-0.05, 0) is 57.8 Å². The van der Waals surface area contributed by atoms with Crippen LogP contribution in [0.3, 0.4) is 0 Å². The van der Waals surface area contributed by atoms with Gasteiger partial charge in [0, 0.05) is 6.54 Å². The molecule has 16 heavy (non-hydrogen) atoms. The van der Waals surface area contributed by atoms with Gasteiger partial charge in [-0.2, -0.15) is 0 Å². The van der Waals surface area contributed by atoms with Crippen LogP contribution in [0.15, 0.2) is 0 Å². The van der Waals surface area contributed by atoms with Gasteiger partial charge in [-0.3, -0.25) is 0 Å². The third kappa shape index (κ3) is 3.72. The van der Waals surface area contributed by atoms with Crippen LogP contribution in [0, 0.1) is 5.92 Å². The second-order valence-corrected chi connectivity index (χ2v) is 5.37. The van der Waals surface area contributed by atoms with Crippen LogP contribution in [-0.4, -0.2) is 48.8 Å². The molecule has 2 fully saturated rings. The number of nitrogens with one attached hydrogen (secondary N) is 1. The van der Waals surface area contributed by atoms with E-state index < -0.39 is 0 Å². The van der Waals surface area contributed by atoms with Crippen molar-refractivity contribution < 1.29 is 5.11 Å². The molecule has 3 heteroatoms. The highest BCUT2D eigenvalue weighted by Gasteiger charge is 2.23. The monoisotopic (exact) mass is 226 g/mol. The molecule has 1 unspecified atom stereocenters. The molecule has 0 aromatic heterocycles. The molecule has 0 amide bonds. The van der Waals surface area contributed by atoms with E-state index in [1.165, 1.54) is 38.8 Å². The summed E-state index contributed by atoms with van der Waals surface area (Å²) in [5.41, 5.74) is 0. The summed E-state index contributed by atoms with van der Waals surface area (Å²) in [7, 11) is 0. The van der Waals surface area contributed by atoms with Crippen LogP contribution in [0.1, 0.15) is 38.5 Å². The Balaban J connectivity index is 1.73. The number of aliphatic hydroxyl groups is 1. The molecule has 0 bridgehead atoms. The second kappa shape index (κ2) is 6.58. The Morgan fingerprint density at radius 2 is 1.69 bits per heavy atom. The molecule has 0 aromatic carbocycles. The van der Waals surface area contributed by atoms with Crippen molar-refractivity contribution in [3.05, 3.63) is 0 Å². The summed E-state index contributed by atoms with van der Waals surface area (Å²) in [5, 5.41) is 13.6. The van der Waals surface area contributed by atoms with Crippen LogP contribution < -0.4 is 5.32 Å². The molecule has 0 spiro atoms. The highest BCUT2D eigenvalue weighted by Crippen LogP contribution is 2.18. The van der Waals surface area contributed by atoms with Gasteiger partial charge in [0.25, 0.3) is 0 Å². The Labute approximate surface area is 99.2 Å². The topological polar surface area (TPSA) is 35.5 Å². The molecule has 0 aromatic rings. The van der Waals surface area contributed by atoms with Crippen LogP contribution in [0.25, 0.3) is 0 Å². The molecular weight excluding hydrogens is 200 g/mol. The molecule has 3 nitrogen and oxygen atoms in total. The van der Waals surface area contributed by atoms with E-state index in [1.807, 2.05) is 0 Å². The maximum Gasteiger partial charge on any atom is 0.0696 e. The summed E-state index contributed by atoms with van der Waals surface area (Å²) in [6.07, 6.45) is 7.59. The van der Waals surface area contributed by atoms with Crippen molar-refractivity contribution in [1.29, 1.82) is 0 Å². The number of hydrogen-bond acceptors (Lipinski definition) is 3. The summed E-state index contributed by atoms with van der Waals surface area (Å²) < 4.78 is 0. The minimum atomic E-state index is -0.0970. The van der Waals surface area contributed by atoms with Gasteiger partial charge in [-0.25, -0.2) is 0 Å². The normalized spacial score (nSPS) is 27.6. The van der Waals surface area contributed by atoms with Crippen molar-refractivity contribution in [2.75, 3.05) is 32.7 Å². The highest BCUT2D eigenvalue weighted by atomic mass is 16.3. The van der Waals surface area contributed by atoms with E-state index in [4.69, 9.17) is 0 Å². The molecule has 0 radical (unpaired) electrons. The average molecular weight is 226 g/mol. The summed E-state index contributed by atoms with van der Waals surface area (Å²) >= 11 is 0. The Kier molecular flexibility index (Phi) is 5.07. The Hall–Kier alpha value is -0.120. The van der Waals surface area contributed by atoms with Gasteiger partial charge in [0.2, 0.25) is 0 Å². The fourth-order valence-electron chi connectivity index (χ4n) is 2.96. The van der Waals surface area contributed by atoms with Crippen molar-refractivity contribution in [3.8, 4) is 0 Å². The van der Waals surface area contributed by atoms with Crippen LogP contribution in [-0.2, 0) is 0 Å². The molecule has 0 saturated carbocycles. The maximum absolute atomic E-state index is 10.2. The predicted molar refractivity (Wildman–Crippen MR) is 66.5 cm³/mol. The number of hydrogen-bond donors (Lipinski definition) is 2. The minimum absolute atomic E-state index is 0.0970. The first kappa shape index (κ1) is 12.3. The Bertz CT molecular complexity index is 184. The first-order valence-corrected chi connectivity index (χ1v) is 6.97. The summed E-state index contributed by atoms with van der Waals surface area (Å²) in [6.45, 7) is 5.47. The molecule has 2 aliphatic rings. The largest absolute Gasteiger partial charge is 0.392 e. The highest BCUT2D eigenvalue weighted by molar-refractivity contribution is 4.78. The lowest BCUT2D eigenvalue weighted by atomic mass is 9.92. The molecule has 2 rings (SSSR count). The van der Waals surface area contributed by atoms with E-state index in [1.54, 1.807) is 0 Å². The number of β-amino-alcohol motifs (C(OH)–C–C–N with tert-alkyl or cyclic N) is 1. The lowest BCUT2D eigenvalue weighted by molar-refractivity contribution is 0.0515. The zero-order chi connectivity index (χ0) is 11.2. The fraction of sp³-hybridized carbons (Fsp3) is 1.00. The minimum Gasteiger partial charge on any atom is -0.392 e. The third-order valence-corrected chi connectivity index (χ3v) is 4.07. The van der Waals surface area contributed by atoms with Gasteiger partial charge in [0.05, 0.1) is 6.10 Å². The van der Waals surface area contributed by atoms with E-state index in [0.717, 1.165) is 32.5 Å². The lowest BCUT2D eigenvalue weighted by Crippen LogP contribution is -2.41. The molecule has 2 saturated heterocycles. The smallest absolute Gasteiger partial charge is 0.0696 e. The van der Waals surface area contributed by atoms with Gasteiger partial charge in [-0.15, -0.1) is 0 Å². The predicted octanol–water partition coefficient (Wildman–Crippen LogP) is 1.22. The number of likely N-dealkylation sites (tertiary alicyclic amines) is 1. The van der Waals surface area contributed by atoms with E-state index in [-0.39, 0.29) is 6.10 Å². The third-order valence-electron chi connectivity index (χ3n) is 4.07. The Morgan fingerprint density at radius 3 is 2.31 bits per heavy atom. The van der Waals surface area contributed by atoms with E-state index in [0.29, 0.717) is 5.92 Å². The van der Waals surface area contributed by atoms with Crippen molar-refractivity contribution >= 4 is 0 Å². The number of nitrogens with zero attached hydrogens (tertiary/aromatic N) is 1. The zero-order valence-corrected chi connectivity index (χ0v) is 10.3. The molecule has 2 aliphatic heterocycles. The maximum atomic E-state index is 10.2. The molecular formula is C13H26N2O. The first-order valence-electron chi connectivity index (χ1n) is 6.97. The van der Waals surface area contributed by atoms with Crippen molar-refractivity contribution in [2.45, 2.75) is 44.6 Å². The van der Waals surface area contributed by atoms with E-state index in [9.17, 15) is 5.11 Å². The summed E-state index contributed by atoms with van der Waals surface area (Å²) in [6, 6.07) is 0. The van der Waals surface area contributed by atoms with Gasteiger partial charge < -0.3 is 15.3 Å². The fourth-order valence-corrected chi connectivity index (χ4v) is 2.96. The number of piperidine rings is 1. The molecule has 94 valence electrons. The average Bonchev–Trinajstić information content (AvgIpc) is 2.59. The Morgan fingerprint density at radius 1 is 1.06 bits per heavy atom. The summed E-state index contributed by atoms with van der Waals surface area (Å²) in [4.78, 5) is 2.47. The molecule has 2 heterocycles. The van der Waals surface area contributed by atoms with Crippen molar-refractivity contribution in [3.63, 3.8) is 0 Å². The van der Waals surface area contributed by atoms with Crippen molar-refractivity contribution in [2.24, 2.45) is 5.92 Å². The number of rotatable bonds is 3. The van der Waals surface area contributed by atoms with E-state index in [2.05, 4.69) is 10.2 Å². The van der Waals surface area contributed by atoms with Crippen LogP contribution in [0.5, 0.6) is 0 Å². The molecule has 1 atom stereocenters. The zero-order valence-electron chi connectivity index (χ0n) is 10.3. The molecule has 2 N–H and O–H groups in total. The van der Waals surface area contributed by atoms with Gasteiger partial charge in [0.1, 0.15) is 0 Å². The van der Waals surface area contributed by atoms with Crippen molar-refractivity contribution in [1.82, 2.24) is 10.2 Å². The van der Waals surface area contributed by atoms with Crippen LogP contribution in [0.2, 0.25) is 0 Å². The van der Waals surface area contributed by atoms with Crippen LogP contribution >= 0.6 is 0 Å². The lowest BCUT2D eigenvalue weighted by Gasteiger charge is -2.31. The van der Waals surface area contributed by atoms with Crippen LogP contribution in [0.4, 0.5) is 0 Å². The quantitative estimate of drug-likeness (QED) is 0.759.